The number of nitrogens with zero attached hydrogens (tertiary/aromatic N) is 2. The SMILES string of the molecule is C=CC1=NC(=C)CC2C(CCc3cc4c(cc31)sc1ccc(-c3ccccc3)cc14)c1ccccc1-c1cc(CC3CCCCC3)c([Si](C)(C)C)c[n+]12. The molecule has 1 aliphatic carbocycles. The zero-order chi connectivity index (χ0) is 36.3. The maximum Gasteiger partial charge on any atom is 0.213 e. The maximum atomic E-state index is 5.30. The lowest BCUT2D eigenvalue weighted by atomic mass is 9.77. The van der Waals surface area contributed by atoms with Gasteiger partial charge >= 0.3 is 0 Å². The van der Waals surface area contributed by atoms with Crippen molar-refractivity contribution >= 4 is 50.5 Å². The molecule has 0 saturated heterocycles. The summed E-state index contributed by atoms with van der Waals surface area (Å²) >= 11 is 1.88. The van der Waals surface area contributed by atoms with Crippen LogP contribution in [0.3, 0.4) is 0 Å². The van der Waals surface area contributed by atoms with Gasteiger partial charge in [0.25, 0.3) is 0 Å². The molecule has 0 N–H and O–H groups in total. The molecule has 53 heavy (non-hydrogen) atoms. The van der Waals surface area contributed by atoms with Crippen molar-refractivity contribution in [1.82, 2.24) is 0 Å². The Kier molecular flexibility index (Phi) is 8.95. The number of thiophene rings is 1. The highest BCUT2D eigenvalue weighted by Crippen LogP contribution is 2.45. The Bertz CT molecular complexity index is 2420. The second-order valence-corrected chi connectivity index (χ2v) is 23.0. The number of allylic oxidation sites excluding steroid dienone is 2. The average Bonchev–Trinajstić information content (AvgIpc) is 3.53. The molecular formula is C49H51N2SSi+. The van der Waals surface area contributed by atoms with Crippen LogP contribution in [-0.4, -0.2) is 13.8 Å². The highest BCUT2D eigenvalue weighted by molar-refractivity contribution is 7.25. The van der Waals surface area contributed by atoms with Crippen LogP contribution >= 0.6 is 11.3 Å². The van der Waals surface area contributed by atoms with Crippen LogP contribution < -0.4 is 9.75 Å². The first-order valence-electron chi connectivity index (χ1n) is 19.9. The number of aryl methyl sites for hydroxylation is 1. The number of hydrogen-bond acceptors (Lipinski definition) is 2. The molecule has 4 heteroatoms. The first kappa shape index (κ1) is 34.4. The van der Waals surface area contributed by atoms with Crippen molar-refractivity contribution in [3.8, 4) is 22.4 Å². The summed E-state index contributed by atoms with van der Waals surface area (Å²) in [6.07, 6.45) is 15.6. The molecule has 6 aromatic rings. The van der Waals surface area contributed by atoms with Crippen LogP contribution in [0, 0.1) is 5.92 Å². The monoisotopic (exact) mass is 727 g/mol. The van der Waals surface area contributed by atoms with E-state index in [4.69, 9.17) is 4.99 Å². The molecule has 3 aliphatic rings. The number of aromatic nitrogens is 1. The number of pyridine rings is 1. The van der Waals surface area contributed by atoms with E-state index in [1.807, 2.05) is 17.4 Å². The van der Waals surface area contributed by atoms with Gasteiger partial charge in [-0.1, -0.05) is 120 Å². The van der Waals surface area contributed by atoms with Crippen LogP contribution in [0.15, 0.2) is 127 Å². The zero-order valence-electron chi connectivity index (χ0n) is 31.6. The van der Waals surface area contributed by atoms with Gasteiger partial charge in [-0.15, -0.1) is 11.3 Å². The molecule has 1 saturated carbocycles. The molecule has 0 bridgehead atoms. The number of benzene rings is 4. The fraction of sp³-hybridized carbons (Fsp3) is 0.306. The van der Waals surface area contributed by atoms with E-state index in [2.05, 4.69) is 135 Å². The van der Waals surface area contributed by atoms with Crippen LogP contribution in [0.5, 0.6) is 0 Å². The lowest BCUT2D eigenvalue weighted by Crippen LogP contribution is -2.54. The van der Waals surface area contributed by atoms with E-state index in [0.717, 1.165) is 36.6 Å². The third-order valence-corrected chi connectivity index (χ3v) is 15.6. The van der Waals surface area contributed by atoms with Crippen molar-refractivity contribution in [3.05, 3.63) is 144 Å². The normalized spacial score (nSPS) is 19.2. The minimum atomic E-state index is -1.64. The van der Waals surface area contributed by atoms with E-state index >= 15 is 0 Å². The number of aliphatic imine (C=N–C) groups is 1. The Morgan fingerprint density at radius 2 is 1.58 bits per heavy atom. The Morgan fingerprint density at radius 1 is 0.811 bits per heavy atom. The molecule has 0 radical (unpaired) electrons. The van der Waals surface area contributed by atoms with E-state index in [0.29, 0.717) is 5.92 Å². The van der Waals surface area contributed by atoms with Gasteiger partial charge in [-0.05, 0) is 89.4 Å². The second kappa shape index (κ2) is 13.8. The van der Waals surface area contributed by atoms with Crippen LogP contribution in [-0.2, 0) is 12.8 Å². The molecule has 1 fully saturated rings. The predicted molar refractivity (Wildman–Crippen MR) is 231 cm³/mol. The quantitative estimate of drug-likeness (QED) is 0.124. The first-order valence-corrected chi connectivity index (χ1v) is 24.2. The van der Waals surface area contributed by atoms with Crippen LogP contribution in [0.25, 0.3) is 42.6 Å². The highest BCUT2D eigenvalue weighted by atomic mass is 32.1. The minimum Gasteiger partial charge on any atom is -0.253 e. The molecule has 266 valence electrons. The van der Waals surface area contributed by atoms with Crippen molar-refractivity contribution in [2.45, 2.75) is 89.4 Å². The van der Waals surface area contributed by atoms with Gasteiger partial charge in [-0.3, -0.25) is 4.99 Å². The average molecular weight is 728 g/mol. The van der Waals surface area contributed by atoms with Crippen LogP contribution in [0.1, 0.15) is 79.2 Å². The molecule has 2 unspecified atom stereocenters. The molecular weight excluding hydrogens is 677 g/mol. The molecule has 9 rings (SSSR count). The molecule has 0 spiro atoms. The summed E-state index contributed by atoms with van der Waals surface area (Å²) in [5.41, 5.74) is 12.8. The van der Waals surface area contributed by atoms with E-state index in [9.17, 15) is 0 Å². The Balaban J connectivity index is 1.17. The van der Waals surface area contributed by atoms with Gasteiger partial charge in [0, 0.05) is 54.2 Å². The summed E-state index contributed by atoms with van der Waals surface area (Å²) in [6.45, 7) is 16.5. The summed E-state index contributed by atoms with van der Waals surface area (Å²) in [5, 5.41) is 4.31. The lowest BCUT2D eigenvalue weighted by molar-refractivity contribution is -0.717. The van der Waals surface area contributed by atoms with E-state index in [1.165, 1.54) is 97.8 Å². The fourth-order valence-corrected chi connectivity index (χ4v) is 12.6. The number of hydrogen-bond donors (Lipinski definition) is 0. The summed E-state index contributed by atoms with van der Waals surface area (Å²) in [6, 6.07) is 34.7. The topological polar surface area (TPSA) is 16.2 Å². The van der Waals surface area contributed by atoms with Gasteiger partial charge in [-0.25, -0.2) is 0 Å². The number of rotatable bonds is 5. The van der Waals surface area contributed by atoms with Crippen LogP contribution in [0.4, 0.5) is 0 Å². The third-order valence-electron chi connectivity index (χ3n) is 12.4. The van der Waals surface area contributed by atoms with Crippen molar-refractivity contribution in [1.29, 1.82) is 0 Å². The number of fused-ring (bicyclic) bond motifs is 10. The third kappa shape index (κ3) is 6.38. The van der Waals surface area contributed by atoms with E-state index in [-0.39, 0.29) is 6.04 Å². The lowest BCUT2D eigenvalue weighted by Gasteiger charge is -2.33. The summed E-state index contributed by atoms with van der Waals surface area (Å²) < 4.78 is 5.31. The van der Waals surface area contributed by atoms with Crippen molar-refractivity contribution in [2.75, 3.05) is 0 Å². The Labute approximate surface area is 320 Å². The molecule has 2 nitrogen and oxygen atoms in total. The summed E-state index contributed by atoms with van der Waals surface area (Å²) in [7, 11) is -1.64. The first-order chi connectivity index (χ1) is 25.7. The van der Waals surface area contributed by atoms with E-state index in [1.54, 1.807) is 10.8 Å². The van der Waals surface area contributed by atoms with Crippen LogP contribution in [0.2, 0.25) is 19.6 Å². The van der Waals surface area contributed by atoms with Gasteiger partial charge in [0.15, 0.2) is 12.2 Å². The molecule has 2 aliphatic heterocycles. The van der Waals surface area contributed by atoms with Crippen molar-refractivity contribution in [2.24, 2.45) is 10.9 Å². The molecule has 2 aromatic heterocycles. The van der Waals surface area contributed by atoms with Crippen molar-refractivity contribution < 1.29 is 4.57 Å². The largest absolute Gasteiger partial charge is 0.253 e. The molecule has 4 heterocycles. The molecule has 2 atom stereocenters. The zero-order valence-corrected chi connectivity index (χ0v) is 33.4. The maximum absolute atomic E-state index is 5.30. The predicted octanol–water partition coefficient (Wildman–Crippen LogP) is 12.5. The van der Waals surface area contributed by atoms with Gasteiger partial charge in [0.05, 0.1) is 20.2 Å². The smallest absolute Gasteiger partial charge is 0.213 e. The summed E-state index contributed by atoms with van der Waals surface area (Å²) in [5.74, 6) is 1.16. The van der Waals surface area contributed by atoms with E-state index < -0.39 is 8.07 Å². The summed E-state index contributed by atoms with van der Waals surface area (Å²) in [4.78, 5) is 5.30. The van der Waals surface area contributed by atoms with Gasteiger partial charge < -0.3 is 0 Å². The Morgan fingerprint density at radius 3 is 2.38 bits per heavy atom. The molecule has 0 amide bonds. The van der Waals surface area contributed by atoms with Gasteiger partial charge in [0.2, 0.25) is 5.69 Å². The van der Waals surface area contributed by atoms with Crippen molar-refractivity contribution in [3.63, 3.8) is 0 Å². The van der Waals surface area contributed by atoms with Gasteiger partial charge in [0.1, 0.15) is 0 Å². The fourth-order valence-electron chi connectivity index (χ4n) is 9.80. The van der Waals surface area contributed by atoms with Gasteiger partial charge in [-0.2, -0.15) is 4.57 Å². The Hall–Kier alpha value is -4.38. The molecule has 4 aromatic carbocycles. The highest BCUT2D eigenvalue weighted by Gasteiger charge is 2.42. The second-order valence-electron chi connectivity index (χ2n) is 16.9. The minimum absolute atomic E-state index is 0.252. The standard InChI is InChI=1S/C49H51N2SSi/c1-6-44-41-30-48-43(42-27-35(22-24-47(42)52-48)34-17-11-8-12-18-34)28-36(41)21-23-40-38-19-13-14-20-39(38)46-29-37(26-33-15-9-7-10-16-33)49(53(3,4)5)31-51(46)45(40)25-32(2)50-44/h6,8,11-14,17-20,22,24,27-31,33,40,45H,1-2,7,9-10,15-16,21,23,25-26H2,3-5H3/q+1.